The van der Waals surface area contributed by atoms with Gasteiger partial charge in [-0.15, -0.1) is 0 Å². The predicted molar refractivity (Wildman–Crippen MR) is 92.7 cm³/mol. The highest BCUT2D eigenvalue weighted by Gasteiger charge is 2.37. The van der Waals surface area contributed by atoms with E-state index in [1.54, 1.807) is 20.8 Å². The number of ether oxygens (including phenoxy) is 2. The maximum Gasteiger partial charge on any atom is 0.339 e. The third kappa shape index (κ3) is 3.91. The number of esters is 1. The lowest BCUT2D eigenvalue weighted by atomic mass is 9.80. The van der Waals surface area contributed by atoms with E-state index in [4.69, 9.17) is 9.47 Å². The third-order valence-electron chi connectivity index (χ3n) is 4.23. The van der Waals surface area contributed by atoms with Crippen LogP contribution in [-0.2, 0) is 19.1 Å². The fraction of sp³-hybridized carbons (Fsp3) is 0.368. The second kappa shape index (κ2) is 7.53. The summed E-state index contributed by atoms with van der Waals surface area (Å²) in [5.74, 6) is -2.39. The summed E-state index contributed by atoms with van der Waals surface area (Å²) in [6, 6.07) is 7.45. The molecule has 0 saturated heterocycles. The highest BCUT2D eigenvalue weighted by molar-refractivity contribution is 5.99. The molecule has 0 aromatic heterocycles. The lowest BCUT2D eigenvalue weighted by Gasteiger charge is -2.30. The maximum atomic E-state index is 12.7. The number of carboxylic acid groups (broad SMARTS) is 1. The Balaban J connectivity index is 2.57. The molecule has 1 aliphatic heterocycles. The first-order chi connectivity index (χ1) is 11.8. The Bertz CT molecular complexity index is 746. The molecule has 2 atom stereocenters. The van der Waals surface area contributed by atoms with Crippen molar-refractivity contribution in [2.24, 2.45) is 0 Å². The molecule has 0 spiro atoms. The average Bonchev–Trinajstić information content (AvgIpc) is 2.54. The van der Waals surface area contributed by atoms with Gasteiger partial charge in [0.15, 0.2) is 6.29 Å². The Kier molecular flexibility index (Phi) is 5.64. The quantitative estimate of drug-likeness (QED) is 0.630. The number of hydrogen-bond donors (Lipinski definition) is 2. The summed E-state index contributed by atoms with van der Waals surface area (Å²) in [6.07, 6.45) is -0.730. The molecule has 25 heavy (non-hydrogen) atoms. The summed E-state index contributed by atoms with van der Waals surface area (Å²) < 4.78 is 10.3. The first-order valence-electron chi connectivity index (χ1n) is 7.98. The number of methoxy groups -OCH3 is 1. The number of dihydropyridines is 1. The number of aliphatic carboxylic acids is 1. The molecule has 2 rings (SSSR count). The van der Waals surface area contributed by atoms with Gasteiger partial charge in [-0.1, -0.05) is 29.8 Å². The molecular weight excluding hydrogens is 322 g/mol. The van der Waals surface area contributed by atoms with Gasteiger partial charge >= 0.3 is 11.9 Å². The Labute approximate surface area is 147 Å². The van der Waals surface area contributed by atoms with E-state index in [1.165, 1.54) is 7.11 Å². The molecule has 0 bridgehead atoms. The summed E-state index contributed by atoms with van der Waals surface area (Å²) in [7, 11) is 1.43. The van der Waals surface area contributed by atoms with Crippen molar-refractivity contribution in [1.82, 2.24) is 5.32 Å². The van der Waals surface area contributed by atoms with Crippen molar-refractivity contribution in [3.05, 3.63) is 57.9 Å². The van der Waals surface area contributed by atoms with Gasteiger partial charge in [0.25, 0.3) is 0 Å². The van der Waals surface area contributed by atoms with Gasteiger partial charge < -0.3 is 19.9 Å². The van der Waals surface area contributed by atoms with Crippen molar-refractivity contribution in [2.45, 2.75) is 39.9 Å². The number of carboxylic acids is 1. The number of aryl methyl sites for hydroxylation is 1. The fourth-order valence-electron chi connectivity index (χ4n) is 2.90. The van der Waals surface area contributed by atoms with Crippen LogP contribution in [0.3, 0.4) is 0 Å². The van der Waals surface area contributed by atoms with Gasteiger partial charge in [0.1, 0.15) is 0 Å². The minimum absolute atomic E-state index is 0.131. The number of allylic oxidation sites excluding steroid dienone is 2. The van der Waals surface area contributed by atoms with E-state index in [1.807, 2.05) is 31.2 Å². The number of carbonyl (C=O) groups is 2. The van der Waals surface area contributed by atoms with Crippen LogP contribution in [-0.4, -0.2) is 30.4 Å². The molecule has 0 fully saturated rings. The largest absolute Gasteiger partial charge is 0.478 e. The predicted octanol–water partition coefficient (Wildman–Crippen LogP) is 2.85. The molecule has 1 aromatic carbocycles. The van der Waals surface area contributed by atoms with Gasteiger partial charge in [0.2, 0.25) is 0 Å². The highest BCUT2D eigenvalue weighted by atomic mass is 16.7. The summed E-state index contributed by atoms with van der Waals surface area (Å²) in [5.41, 5.74) is 3.25. The number of nitrogens with one attached hydrogen (secondary N) is 1. The zero-order chi connectivity index (χ0) is 18.7. The van der Waals surface area contributed by atoms with Crippen LogP contribution in [0.25, 0.3) is 0 Å². The van der Waals surface area contributed by atoms with Crippen LogP contribution in [0.1, 0.15) is 37.8 Å². The molecule has 0 amide bonds. The van der Waals surface area contributed by atoms with E-state index in [9.17, 15) is 14.7 Å². The Hall–Kier alpha value is -2.60. The molecule has 0 saturated carbocycles. The molecule has 1 heterocycles. The van der Waals surface area contributed by atoms with Crippen molar-refractivity contribution in [1.29, 1.82) is 0 Å². The van der Waals surface area contributed by atoms with Crippen LogP contribution < -0.4 is 5.32 Å². The number of carbonyl (C=O) groups excluding carboxylic acids is 1. The van der Waals surface area contributed by atoms with Crippen molar-refractivity contribution in [2.75, 3.05) is 7.11 Å². The standard InChI is InChI=1S/C19H23NO5/c1-10-6-8-14(9-7-10)17-15(18(21)22)11(2)20-12(3)16(17)19(23)25-13(4)24-5/h6-9,13,17,20H,1-5H3,(H,21,22). The molecule has 0 radical (unpaired) electrons. The molecule has 2 unspecified atom stereocenters. The van der Waals surface area contributed by atoms with Gasteiger partial charge in [-0.05, 0) is 33.3 Å². The first kappa shape index (κ1) is 18.7. The minimum Gasteiger partial charge on any atom is -0.478 e. The average molecular weight is 345 g/mol. The van der Waals surface area contributed by atoms with E-state index in [0.717, 1.165) is 11.1 Å². The summed E-state index contributed by atoms with van der Waals surface area (Å²) >= 11 is 0. The molecule has 0 aliphatic carbocycles. The normalized spacial score (nSPS) is 18.7. The molecule has 1 aromatic rings. The van der Waals surface area contributed by atoms with Crippen LogP contribution in [0, 0.1) is 6.92 Å². The van der Waals surface area contributed by atoms with Crippen LogP contribution in [0.4, 0.5) is 0 Å². The lowest BCUT2D eigenvalue weighted by molar-refractivity contribution is -0.165. The molecule has 6 heteroatoms. The van der Waals surface area contributed by atoms with Crippen LogP contribution >= 0.6 is 0 Å². The van der Waals surface area contributed by atoms with E-state index in [2.05, 4.69) is 5.32 Å². The molecule has 2 N–H and O–H groups in total. The van der Waals surface area contributed by atoms with Gasteiger partial charge in [0, 0.05) is 18.5 Å². The molecule has 6 nitrogen and oxygen atoms in total. The van der Waals surface area contributed by atoms with Gasteiger partial charge in [0.05, 0.1) is 17.1 Å². The van der Waals surface area contributed by atoms with E-state index in [-0.39, 0.29) is 11.1 Å². The summed E-state index contributed by atoms with van der Waals surface area (Å²) in [5, 5.41) is 12.7. The monoisotopic (exact) mass is 345 g/mol. The van der Waals surface area contributed by atoms with Crippen LogP contribution in [0.5, 0.6) is 0 Å². The van der Waals surface area contributed by atoms with E-state index < -0.39 is 24.1 Å². The Morgan fingerprint density at radius 2 is 1.64 bits per heavy atom. The summed E-state index contributed by atoms with van der Waals surface area (Å²) in [6.45, 7) is 6.97. The number of hydrogen-bond acceptors (Lipinski definition) is 5. The Morgan fingerprint density at radius 3 is 2.16 bits per heavy atom. The van der Waals surface area contributed by atoms with Crippen molar-refractivity contribution >= 4 is 11.9 Å². The zero-order valence-corrected chi connectivity index (χ0v) is 15.0. The minimum atomic E-state index is -1.08. The van der Waals surface area contributed by atoms with Crippen LogP contribution in [0.2, 0.25) is 0 Å². The SMILES string of the molecule is COC(C)OC(=O)C1=C(C)NC(C)=C(C(=O)O)C1c1ccc(C)cc1. The van der Waals surface area contributed by atoms with E-state index >= 15 is 0 Å². The van der Waals surface area contributed by atoms with Crippen LogP contribution in [0.15, 0.2) is 46.8 Å². The molecule has 134 valence electrons. The van der Waals surface area contributed by atoms with Crippen molar-refractivity contribution in [3.63, 3.8) is 0 Å². The zero-order valence-electron chi connectivity index (χ0n) is 15.0. The second-order valence-corrected chi connectivity index (χ2v) is 6.06. The second-order valence-electron chi connectivity index (χ2n) is 6.06. The van der Waals surface area contributed by atoms with Gasteiger partial charge in [-0.2, -0.15) is 0 Å². The van der Waals surface area contributed by atoms with Gasteiger partial charge in [-0.3, -0.25) is 0 Å². The highest BCUT2D eigenvalue weighted by Crippen LogP contribution is 2.38. The third-order valence-corrected chi connectivity index (χ3v) is 4.23. The van der Waals surface area contributed by atoms with Gasteiger partial charge in [-0.25, -0.2) is 9.59 Å². The van der Waals surface area contributed by atoms with Crippen molar-refractivity contribution in [3.8, 4) is 0 Å². The Morgan fingerprint density at radius 1 is 1.08 bits per heavy atom. The molecule has 1 aliphatic rings. The lowest BCUT2D eigenvalue weighted by Crippen LogP contribution is -2.33. The van der Waals surface area contributed by atoms with Crippen molar-refractivity contribution < 1.29 is 24.2 Å². The molecular formula is C19H23NO5. The number of rotatable bonds is 5. The summed E-state index contributed by atoms with van der Waals surface area (Å²) in [4.78, 5) is 24.6. The van der Waals surface area contributed by atoms with E-state index in [0.29, 0.717) is 11.4 Å². The smallest absolute Gasteiger partial charge is 0.339 e. The number of benzene rings is 1. The fourth-order valence-corrected chi connectivity index (χ4v) is 2.90. The maximum absolute atomic E-state index is 12.7. The topological polar surface area (TPSA) is 84.9 Å². The first-order valence-corrected chi connectivity index (χ1v) is 7.98.